The Hall–Kier alpha value is -1.69. The van der Waals surface area contributed by atoms with Crippen molar-refractivity contribution in [3.8, 4) is 5.75 Å². The summed E-state index contributed by atoms with van der Waals surface area (Å²) < 4.78 is 28.5. The summed E-state index contributed by atoms with van der Waals surface area (Å²) in [6, 6.07) is 6.29. The number of carbonyl (C=O) groups is 1. The van der Waals surface area contributed by atoms with Gasteiger partial charge in [0.05, 0.1) is 5.54 Å². The third kappa shape index (κ3) is 4.16. The van der Waals surface area contributed by atoms with Gasteiger partial charge in [-0.2, -0.15) is 8.78 Å². The first-order valence-electron chi connectivity index (χ1n) is 7.49. The number of halogens is 2. The molecule has 6 heteroatoms. The van der Waals surface area contributed by atoms with Crippen molar-refractivity contribution < 1.29 is 18.3 Å². The zero-order valence-corrected chi connectivity index (χ0v) is 12.7. The molecule has 0 bridgehead atoms. The van der Waals surface area contributed by atoms with E-state index in [9.17, 15) is 13.6 Å². The van der Waals surface area contributed by atoms with Crippen LogP contribution in [0.15, 0.2) is 24.3 Å². The molecular weight excluding hydrogens is 290 g/mol. The zero-order valence-electron chi connectivity index (χ0n) is 12.7. The number of carbonyl (C=O) groups excluding carboxylic acids is 1. The molecule has 0 aliphatic heterocycles. The first kappa shape index (κ1) is 16.7. The third-order valence-electron chi connectivity index (χ3n) is 4.09. The minimum absolute atomic E-state index is 0.0555. The number of nitrogens with two attached hydrogens (primary N) is 1. The summed E-state index contributed by atoms with van der Waals surface area (Å²) in [5.41, 5.74) is 6.33. The van der Waals surface area contributed by atoms with Gasteiger partial charge in [-0.25, -0.2) is 0 Å². The molecule has 0 atom stereocenters. The van der Waals surface area contributed by atoms with E-state index in [1.165, 1.54) is 12.1 Å². The lowest BCUT2D eigenvalue weighted by Gasteiger charge is -2.35. The van der Waals surface area contributed by atoms with E-state index in [-0.39, 0.29) is 11.7 Å². The Balaban J connectivity index is 1.96. The number of hydrogen-bond donors (Lipinski definition) is 1. The van der Waals surface area contributed by atoms with E-state index in [1.807, 2.05) is 0 Å². The largest absolute Gasteiger partial charge is 0.435 e. The zero-order chi connectivity index (χ0) is 16.2. The van der Waals surface area contributed by atoms with Crippen molar-refractivity contribution in [3.63, 3.8) is 0 Å². The fraction of sp³-hybridized carbons (Fsp3) is 0.562. The molecule has 1 amide bonds. The molecule has 0 unspecified atom stereocenters. The predicted octanol–water partition coefficient (Wildman–Crippen LogP) is 2.91. The molecule has 2 rings (SSSR count). The highest BCUT2D eigenvalue weighted by molar-refractivity contribution is 5.86. The highest BCUT2D eigenvalue weighted by atomic mass is 19.3. The predicted molar refractivity (Wildman–Crippen MR) is 79.6 cm³/mol. The van der Waals surface area contributed by atoms with Crippen molar-refractivity contribution in [2.45, 2.75) is 50.8 Å². The molecule has 1 aliphatic carbocycles. The van der Waals surface area contributed by atoms with Crippen molar-refractivity contribution in [1.29, 1.82) is 0 Å². The van der Waals surface area contributed by atoms with Gasteiger partial charge in [0.25, 0.3) is 0 Å². The van der Waals surface area contributed by atoms with Crippen LogP contribution in [0.2, 0.25) is 0 Å². The second-order valence-corrected chi connectivity index (χ2v) is 5.90. The van der Waals surface area contributed by atoms with Crippen LogP contribution in [-0.2, 0) is 11.3 Å². The van der Waals surface area contributed by atoms with E-state index in [0.29, 0.717) is 6.54 Å². The molecule has 0 spiro atoms. The Morgan fingerprint density at radius 3 is 2.41 bits per heavy atom. The average molecular weight is 312 g/mol. The Morgan fingerprint density at radius 2 is 1.86 bits per heavy atom. The molecule has 0 heterocycles. The van der Waals surface area contributed by atoms with Crippen LogP contribution in [0.25, 0.3) is 0 Å². The molecule has 0 saturated heterocycles. The quantitative estimate of drug-likeness (QED) is 0.909. The fourth-order valence-electron chi connectivity index (χ4n) is 2.90. The average Bonchev–Trinajstić information content (AvgIpc) is 2.48. The standard InChI is InChI=1S/C16H22F2N2O2/c1-20(14(21)16(19)9-3-2-4-10-16)11-12-5-7-13(8-6-12)22-15(17)18/h5-8,15H,2-4,9-11,19H2,1H3. The van der Waals surface area contributed by atoms with Gasteiger partial charge >= 0.3 is 6.61 Å². The molecular formula is C16H22F2N2O2. The van der Waals surface area contributed by atoms with Gasteiger partial charge in [0.1, 0.15) is 5.75 Å². The van der Waals surface area contributed by atoms with E-state index < -0.39 is 12.2 Å². The SMILES string of the molecule is CN(Cc1ccc(OC(F)F)cc1)C(=O)C1(N)CCCCC1. The van der Waals surface area contributed by atoms with Gasteiger partial charge in [0.2, 0.25) is 5.91 Å². The van der Waals surface area contributed by atoms with Gasteiger partial charge in [0, 0.05) is 13.6 Å². The molecule has 22 heavy (non-hydrogen) atoms. The van der Waals surface area contributed by atoms with E-state index in [1.54, 1.807) is 24.1 Å². The van der Waals surface area contributed by atoms with Gasteiger partial charge in [-0.1, -0.05) is 31.4 Å². The molecule has 1 aliphatic rings. The van der Waals surface area contributed by atoms with Crippen LogP contribution in [0.3, 0.4) is 0 Å². The molecule has 1 fully saturated rings. The minimum atomic E-state index is -2.83. The van der Waals surface area contributed by atoms with Crippen molar-refractivity contribution in [1.82, 2.24) is 4.90 Å². The second-order valence-electron chi connectivity index (χ2n) is 5.90. The first-order valence-corrected chi connectivity index (χ1v) is 7.49. The van der Waals surface area contributed by atoms with E-state index in [4.69, 9.17) is 5.73 Å². The number of benzene rings is 1. The molecule has 2 N–H and O–H groups in total. The number of likely N-dealkylation sites (N-methyl/N-ethyl adjacent to an activating group) is 1. The summed E-state index contributed by atoms with van der Waals surface area (Å²) >= 11 is 0. The second kappa shape index (κ2) is 7.05. The number of rotatable bonds is 5. The van der Waals surface area contributed by atoms with Crippen LogP contribution in [0.4, 0.5) is 8.78 Å². The molecule has 1 aromatic rings. The van der Waals surface area contributed by atoms with Crippen LogP contribution in [0, 0.1) is 0 Å². The van der Waals surface area contributed by atoms with Gasteiger partial charge < -0.3 is 15.4 Å². The lowest BCUT2D eigenvalue weighted by molar-refractivity contribution is -0.137. The van der Waals surface area contributed by atoms with Crippen molar-refractivity contribution in [2.24, 2.45) is 5.73 Å². The molecule has 0 radical (unpaired) electrons. The Labute approximate surface area is 129 Å². The lowest BCUT2D eigenvalue weighted by Crippen LogP contribution is -2.55. The maximum absolute atomic E-state index is 12.5. The van der Waals surface area contributed by atoms with Gasteiger partial charge in [-0.05, 0) is 30.5 Å². The number of alkyl halides is 2. The normalized spacial score (nSPS) is 17.3. The summed E-state index contributed by atoms with van der Waals surface area (Å²) in [7, 11) is 1.72. The number of amides is 1. The van der Waals surface area contributed by atoms with Crippen molar-refractivity contribution in [2.75, 3.05) is 7.05 Å². The van der Waals surface area contributed by atoms with Gasteiger partial charge in [-0.15, -0.1) is 0 Å². The highest BCUT2D eigenvalue weighted by Gasteiger charge is 2.37. The molecule has 1 saturated carbocycles. The Kier molecular flexibility index (Phi) is 5.34. The minimum Gasteiger partial charge on any atom is -0.435 e. The van der Waals surface area contributed by atoms with Crippen molar-refractivity contribution in [3.05, 3.63) is 29.8 Å². The fourth-order valence-corrected chi connectivity index (χ4v) is 2.90. The molecule has 122 valence electrons. The number of nitrogens with zero attached hydrogens (tertiary/aromatic N) is 1. The van der Waals surface area contributed by atoms with Crippen LogP contribution in [0.1, 0.15) is 37.7 Å². The third-order valence-corrected chi connectivity index (χ3v) is 4.09. The molecule has 1 aromatic carbocycles. The maximum Gasteiger partial charge on any atom is 0.387 e. The monoisotopic (exact) mass is 312 g/mol. The molecule has 0 aromatic heterocycles. The van der Waals surface area contributed by atoms with Crippen LogP contribution >= 0.6 is 0 Å². The van der Waals surface area contributed by atoms with Crippen LogP contribution in [0.5, 0.6) is 5.75 Å². The number of ether oxygens (including phenoxy) is 1. The van der Waals surface area contributed by atoms with E-state index in [2.05, 4.69) is 4.74 Å². The summed E-state index contributed by atoms with van der Waals surface area (Å²) in [5.74, 6) is 0.0513. The number of hydrogen-bond acceptors (Lipinski definition) is 3. The summed E-state index contributed by atoms with van der Waals surface area (Å²) in [6.07, 6.45) is 4.53. The van der Waals surface area contributed by atoms with Gasteiger partial charge in [0.15, 0.2) is 0 Å². The summed E-state index contributed by atoms with van der Waals surface area (Å²) in [6.45, 7) is -2.44. The maximum atomic E-state index is 12.5. The van der Waals surface area contributed by atoms with Crippen LogP contribution in [-0.4, -0.2) is 30.0 Å². The molecule has 4 nitrogen and oxygen atoms in total. The summed E-state index contributed by atoms with van der Waals surface area (Å²) in [5, 5.41) is 0. The first-order chi connectivity index (χ1) is 10.4. The van der Waals surface area contributed by atoms with Crippen molar-refractivity contribution >= 4 is 5.91 Å². The van der Waals surface area contributed by atoms with E-state index in [0.717, 1.165) is 37.7 Å². The van der Waals surface area contributed by atoms with E-state index >= 15 is 0 Å². The summed E-state index contributed by atoms with van der Waals surface area (Å²) in [4.78, 5) is 14.1. The Morgan fingerprint density at radius 1 is 1.27 bits per heavy atom. The lowest BCUT2D eigenvalue weighted by atomic mass is 9.81. The smallest absolute Gasteiger partial charge is 0.387 e. The highest BCUT2D eigenvalue weighted by Crippen LogP contribution is 2.28. The van der Waals surface area contributed by atoms with Gasteiger partial charge in [-0.3, -0.25) is 4.79 Å². The Bertz CT molecular complexity index is 499. The van der Waals surface area contributed by atoms with Crippen LogP contribution < -0.4 is 10.5 Å². The topological polar surface area (TPSA) is 55.6 Å².